The standard InChI is InChI=1S/C15H14N4OS/c16-11-4-1-3-10-6-7-19(14(10)11)9-13-17-15(20-18-13)12-5-2-8-21-12/h1-5,8H,6-7,9,16H2. The second-order valence-electron chi connectivity index (χ2n) is 5.02. The summed E-state index contributed by atoms with van der Waals surface area (Å²) < 4.78 is 5.33. The van der Waals surface area contributed by atoms with Gasteiger partial charge in [0.2, 0.25) is 0 Å². The zero-order valence-electron chi connectivity index (χ0n) is 11.3. The lowest BCUT2D eigenvalue weighted by molar-refractivity contribution is 0.423. The van der Waals surface area contributed by atoms with Gasteiger partial charge in [0.25, 0.3) is 5.89 Å². The number of fused-ring (bicyclic) bond motifs is 1. The van der Waals surface area contributed by atoms with Crippen molar-refractivity contribution in [2.24, 2.45) is 0 Å². The Balaban J connectivity index is 1.59. The molecule has 0 amide bonds. The van der Waals surface area contributed by atoms with Crippen molar-refractivity contribution in [1.29, 1.82) is 0 Å². The van der Waals surface area contributed by atoms with Gasteiger partial charge in [-0.15, -0.1) is 11.3 Å². The monoisotopic (exact) mass is 298 g/mol. The van der Waals surface area contributed by atoms with E-state index in [1.54, 1.807) is 11.3 Å². The van der Waals surface area contributed by atoms with Crippen LogP contribution in [-0.4, -0.2) is 16.7 Å². The van der Waals surface area contributed by atoms with Crippen molar-refractivity contribution >= 4 is 22.7 Å². The molecule has 3 aromatic rings. The number of nitrogens with two attached hydrogens (primary N) is 1. The number of hydrogen-bond acceptors (Lipinski definition) is 6. The number of nitrogens with zero attached hydrogens (tertiary/aromatic N) is 3. The van der Waals surface area contributed by atoms with Crippen LogP contribution in [0.25, 0.3) is 10.8 Å². The average molecular weight is 298 g/mol. The lowest BCUT2D eigenvalue weighted by Crippen LogP contribution is -2.21. The van der Waals surface area contributed by atoms with Crippen molar-refractivity contribution in [2.45, 2.75) is 13.0 Å². The molecule has 0 unspecified atom stereocenters. The lowest BCUT2D eigenvalue weighted by atomic mass is 10.1. The molecule has 3 heterocycles. The molecular weight excluding hydrogens is 284 g/mol. The normalized spacial score (nSPS) is 13.6. The third kappa shape index (κ3) is 2.17. The number of benzene rings is 1. The van der Waals surface area contributed by atoms with Gasteiger partial charge >= 0.3 is 0 Å². The zero-order valence-corrected chi connectivity index (χ0v) is 12.1. The molecule has 6 heteroatoms. The molecule has 1 aliphatic heterocycles. The Morgan fingerprint density at radius 1 is 1.29 bits per heavy atom. The Kier molecular flexibility index (Phi) is 2.89. The molecule has 106 valence electrons. The van der Waals surface area contributed by atoms with Gasteiger partial charge in [-0.25, -0.2) is 0 Å². The SMILES string of the molecule is Nc1cccc2c1N(Cc1noc(-c3cccs3)n1)CC2. The van der Waals surface area contributed by atoms with Gasteiger partial charge in [0.05, 0.1) is 22.8 Å². The second kappa shape index (κ2) is 4.89. The lowest BCUT2D eigenvalue weighted by Gasteiger charge is -2.18. The van der Waals surface area contributed by atoms with Crippen LogP contribution in [0.3, 0.4) is 0 Å². The van der Waals surface area contributed by atoms with Gasteiger partial charge < -0.3 is 15.2 Å². The van der Waals surface area contributed by atoms with Gasteiger partial charge in [-0.3, -0.25) is 0 Å². The number of rotatable bonds is 3. The van der Waals surface area contributed by atoms with Crippen LogP contribution in [-0.2, 0) is 13.0 Å². The molecule has 0 bridgehead atoms. The van der Waals surface area contributed by atoms with Gasteiger partial charge in [0.1, 0.15) is 0 Å². The summed E-state index contributed by atoms with van der Waals surface area (Å²) in [4.78, 5) is 7.68. The smallest absolute Gasteiger partial charge is 0.268 e. The van der Waals surface area contributed by atoms with Crippen LogP contribution in [0, 0.1) is 0 Å². The molecule has 2 aromatic heterocycles. The number of anilines is 2. The van der Waals surface area contributed by atoms with E-state index < -0.39 is 0 Å². The minimum absolute atomic E-state index is 0.584. The third-order valence-electron chi connectivity index (χ3n) is 3.65. The molecule has 21 heavy (non-hydrogen) atoms. The van der Waals surface area contributed by atoms with Crippen molar-refractivity contribution in [2.75, 3.05) is 17.2 Å². The van der Waals surface area contributed by atoms with Crippen molar-refractivity contribution in [3.8, 4) is 10.8 Å². The fourth-order valence-electron chi connectivity index (χ4n) is 2.71. The van der Waals surface area contributed by atoms with Crippen LogP contribution < -0.4 is 10.6 Å². The molecule has 1 aromatic carbocycles. The van der Waals surface area contributed by atoms with E-state index in [-0.39, 0.29) is 0 Å². The van der Waals surface area contributed by atoms with Crippen molar-refractivity contribution < 1.29 is 4.52 Å². The van der Waals surface area contributed by atoms with Crippen LogP contribution in [0.5, 0.6) is 0 Å². The Labute approximate surface area is 126 Å². The van der Waals surface area contributed by atoms with Crippen molar-refractivity contribution in [3.05, 3.63) is 47.1 Å². The maximum absolute atomic E-state index is 6.09. The number of thiophene rings is 1. The quantitative estimate of drug-likeness (QED) is 0.753. The molecule has 0 radical (unpaired) electrons. The van der Waals surface area contributed by atoms with Crippen LogP contribution in [0.15, 0.2) is 40.2 Å². The molecule has 0 atom stereocenters. The molecule has 0 spiro atoms. The van der Waals surface area contributed by atoms with E-state index in [1.807, 2.05) is 29.6 Å². The van der Waals surface area contributed by atoms with Crippen molar-refractivity contribution in [1.82, 2.24) is 10.1 Å². The molecule has 2 N–H and O–H groups in total. The van der Waals surface area contributed by atoms with Gasteiger partial charge in [-0.2, -0.15) is 4.98 Å². The van der Waals surface area contributed by atoms with Crippen LogP contribution in [0.1, 0.15) is 11.4 Å². The molecular formula is C15H14N4OS. The van der Waals surface area contributed by atoms with E-state index in [0.717, 1.165) is 29.2 Å². The Hall–Kier alpha value is -2.34. The summed E-state index contributed by atoms with van der Waals surface area (Å²) >= 11 is 1.59. The Morgan fingerprint density at radius 3 is 3.10 bits per heavy atom. The van der Waals surface area contributed by atoms with Gasteiger partial charge in [0.15, 0.2) is 5.82 Å². The van der Waals surface area contributed by atoms with E-state index in [9.17, 15) is 0 Å². The van der Waals surface area contributed by atoms with E-state index in [0.29, 0.717) is 18.3 Å². The number of nitrogen functional groups attached to an aromatic ring is 1. The topological polar surface area (TPSA) is 68.2 Å². The van der Waals surface area contributed by atoms with Crippen LogP contribution >= 0.6 is 11.3 Å². The molecule has 0 aliphatic carbocycles. The first kappa shape index (κ1) is 12.4. The highest BCUT2D eigenvalue weighted by Gasteiger charge is 2.23. The molecule has 0 saturated heterocycles. The first-order valence-electron chi connectivity index (χ1n) is 6.80. The van der Waals surface area contributed by atoms with E-state index >= 15 is 0 Å². The van der Waals surface area contributed by atoms with Gasteiger partial charge in [-0.1, -0.05) is 23.4 Å². The van der Waals surface area contributed by atoms with Gasteiger partial charge in [-0.05, 0) is 29.5 Å². The predicted octanol–water partition coefficient (Wildman–Crippen LogP) is 2.94. The average Bonchev–Trinajstić information content (AvgIpc) is 3.19. The first-order chi connectivity index (χ1) is 10.3. The second-order valence-corrected chi connectivity index (χ2v) is 5.97. The fraction of sp³-hybridized carbons (Fsp3) is 0.200. The summed E-state index contributed by atoms with van der Waals surface area (Å²) in [6, 6.07) is 10.0. The summed E-state index contributed by atoms with van der Waals surface area (Å²) in [6.45, 7) is 1.56. The van der Waals surface area contributed by atoms with Gasteiger partial charge in [0, 0.05) is 6.54 Å². The molecule has 0 saturated carbocycles. The third-order valence-corrected chi connectivity index (χ3v) is 4.51. The summed E-state index contributed by atoms with van der Waals surface area (Å²) in [5, 5.41) is 6.07. The summed E-state index contributed by atoms with van der Waals surface area (Å²) in [5.41, 5.74) is 9.31. The van der Waals surface area contributed by atoms with E-state index in [2.05, 4.69) is 21.1 Å². The molecule has 1 aliphatic rings. The summed E-state index contributed by atoms with van der Waals surface area (Å²) in [7, 11) is 0. The number of para-hydroxylation sites is 1. The zero-order chi connectivity index (χ0) is 14.2. The number of hydrogen-bond donors (Lipinski definition) is 1. The highest BCUT2D eigenvalue weighted by molar-refractivity contribution is 7.13. The maximum atomic E-state index is 6.09. The summed E-state index contributed by atoms with van der Waals surface area (Å²) in [6.07, 6.45) is 1.01. The molecule has 0 fully saturated rings. The molecule has 4 rings (SSSR count). The van der Waals surface area contributed by atoms with Crippen LogP contribution in [0.4, 0.5) is 11.4 Å². The molecule has 5 nitrogen and oxygen atoms in total. The summed E-state index contributed by atoms with van der Waals surface area (Å²) in [5.74, 6) is 1.27. The number of aromatic nitrogens is 2. The largest absolute Gasteiger partial charge is 0.397 e. The predicted molar refractivity (Wildman–Crippen MR) is 83.2 cm³/mol. The van der Waals surface area contributed by atoms with Crippen molar-refractivity contribution in [3.63, 3.8) is 0 Å². The fourth-order valence-corrected chi connectivity index (χ4v) is 3.36. The van der Waals surface area contributed by atoms with E-state index in [1.165, 1.54) is 5.56 Å². The maximum Gasteiger partial charge on any atom is 0.268 e. The highest BCUT2D eigenvalue weighted by Crippen LogP contribution is 2.34. The minimum Gasteiger partial charge on any atom is -0.397 e. The van der Waals surface area contributed by atoms with E-state index in [4.69, 9.17) is 10.3 Å². The first-order valence-corrected chi connectivity index (χ1v) is 7.68. The minimum atomic E-state index is 0.584. The van der Waals surface area contributed by atoms with Crippen LogP contribution in [0.2, 0.25) is 0 Å². The highest BCUT2D eigenvalue weighted by atomic mass is 32.1. The Bertz CT molecular complexity index is 766. The Morgan fingerprint density at radius 2 is 2.24 bits per heavy atom.